The van der Waals surface area contributed by atoms with Gasteiger partial charge in [-0.15, -0.1) is 0 Å². The van der Waals surface area contributed by atoms with Crippen molar-refractivity contribution in [2.24, 2.45) is 0 Å². The molecule has 0 aliphatic carbocycles. The molecule has 1 aliphatic rings. The van der Waals surface area contributed by atoms with Crippen LogP contribution in [0.15, 0.2) is 30.6 Å². The van der Waals surface area contributed by atoms with Gasteiger partial charge in [0.05, 0.1) is 13.2 Å². The lowest BCUT2D eigenvalue weighted by Crippen LogP contribution is -2.48. The molecule has 0 bridgehead atoms. The third-order valence-corrected chi connectivity index (χ3v) is 3.08. The number of nitrogens with zero attached hydrogens (tertiary/aromatic N) is 2. The lowest BCUT2D eigenvalue weighted by Gasteiger charge is -2.22. The van der Waals surface area contributed by atoms with Crippen molar-refractivity contribution in [3.8, 4) is 11.4 Å². The van der Waals surface area contributed by atoms with Gasteiger partial charge < -0.3 is 15.4 Å². The highest BCUT2D eigenvalue weighted by Crippen LogP contribution is 2.17. The van der Waals surface area contributed by atoms with Gasteiger partial charge in [-0.05, 0) is 24.3 Å². The molecule has 1 unspecified atom stereocenters. The van der Waals surface area contributed by atoms with Crippen molar-refractivity contribution in [3.63, 3.8) is 0 Å². The van der Waals surface area contributed by atoms with Crippen molar-refractivity contribution < 1.29 is 9.53 Å². The molecule has 2 heterocycles. The number of hydrogen-bond acceptors (Lipinski definition) is 5. The van der Waals surface area contributed by atoms with E-state index in [1.165, 1.54) is 6.33 Å². The summed E-state index contributed by atoms with van der Waals surface area (Å²) < 4.78 is 5.27. The molecule has 104 valence electrons. The SMILES string of the molecule is O=C(Nc1ccc(-c2ncn[nH]2)cc1)C1COCCN1. The average molecular weight is 273 g/mol. The summed E-state index contributed by atoms with van der Waals surface area (Å²) in [6.45, 7) is 1.75. The number of ether oxygens (including phenoxy) is 1. The van der Waals surface area contributed by atoms with E-state index in [2.05, 4.69) is 25.8 Å². The third kappa shape index (κ3) is 2.84. The predicted molar refractivity (Wildman–Crippen MR) is 73.1 cm³/mol. The lowest BCUT2D eigenvalue weighted by atomic mass is 10.2. The fourth-order valence-electron chi connectivity index (χ4n) is 2.02. The summed E-state index contributed by atoms with van der Waals surface area (Å²) in [5, 5.41) is 12.6. The van der Waals surface area contributed by atoms with E-state index in [0.29, 0.717) is 25.6 Å². The van der Waals surface area contributed by atoms with Gasteiger partial charge in [-0.2, -0.15) is 5.10 Å². The molecule has 3 N–H and O–H groups in total. The van der Waals surface area contributed by atoms with Crippen molar-refractivity contribution >= 4 is 11.6 Å². The van der Waals surface area contributed by atoms with Gasteiger partial charge in [0.25, 0.3) is 0 Å². The fourth-order valence-corrected chi connectivity index (χ4v) is 2.02. The molecular weight excluding hydrogens is 258 g/mol. The van der Waals surface area contributed by atoms with Gasteiger partial charge in [0.2, 0.25) is 5.91 Å². The molecule has 1 aliphatic heterocycles. The zero-order chi connectivity index (χ0) is 13.8. The number of aromatic amines is 1. The van der Waals surface area contributed by atoms with Gasteiger partial charge in [0.15, 0.2) is 5.82 Å². The number of anilines is 1. The van der Waals surface area contributed by atoms with Crippen LogP contribution >= 0.6 is 0 Å². The molecule has 3 rings (SSSR count). The van der Waals surface area contributed by atoms with Gasteiger partial charge in [0, 0.05) is 17.8 Å². The molecule has 1 amide bonds. The molecule has 0 radical (unpaired) electrons. The number of rotatable bonds is 3. The summed E-state index contributed by atoms with van der Waals surface area (Å²) in [6, 6.07) is 7.12. The smallest absolute Gasteiger partial charge is 0.243 e. The minimum atomic E-state index is -0.294. The first kappa shape index (κ1) is 12.8. The summed E-state index contributed by atoms with van der Waals surface area (Å²) in [7, 11) is 0. The van der Waals surface area contributed by atoms with E-state index in [0.717, 1.165) is 11.3 Å². The van der Waals surface area contributed by atoms with Crippen molar-refractivity contribution in [2.75, 3.05) is 25.1 Å². The number of carbonyl (C=O) groups is 1. The Bertz CT molecular complexity index is 561. The maximum atomic E-state index is 12.0. The minimum absolute atomic E-state index is 0.0860. The molecule has 7 nitrogen and oxygen atoms in total. The molecule has 0 spiro atoms. The van der Waals surface area contributed by atoms with Gasteiger partial charge in [-0.3, -0.25) is 9.89 Å². The number of aromatic nitrogens is 3. The summed E-state index contributed by atoms with van der Waals surface area (Å²) >= 11 is 0. The maximum Gasteiger partial charge on any atom is 0.243 e. The number of nitrogens with one attached hydrogen (secondary N) is 3. The molecule has 1 aromatic heterocycles. The molecule has 7 heteroatoms. The van der Waals surface area contributed by atoms with Gasteiger partial charge in [-0.25, -0.2) is 4.98 Å². The van der Waals surface area contributed by atoms with Crippen molar-refractivity contribution in [3.05, 3.63) is 30.6 Å². The number of morpholine rings is 1. The summed E-state index contributed by atoms with van der Waals surface area (Å²) in [5.41, 5.74) is 1.66. The molecule has 1 aromatic carbocycles. The van der Waals surface area contributed by atoms with Gasteiger partial charge in [-0.1, -0.05) is 0 Å². The molecule has 2 aromatic rings. The van der Waals surface area contributed by atoms with Crippen molar-refractivity contribution in [2.45, 2.75) is 6.04 Å². The highest BCUT2D eigenvalue weighted by molar-refractivity contribution is 5.95. The van der Waals surface area contributed by atoms with Crippen LogP contribution in [0.2, 0.25) is 0 Å². The van der Waals surface area contributed by atoms with E-state index in [4.69, 9.17) is 4.74 Å². The van der Waals surface area contributed by atoms with Gasteiger partial charge in [0.1, 0.15) is 12.4 Å². The van der Waals surface area contributed by atoms with Crippen LogP contribution in [-0.2, 0) is 9.53 Å². The monoisotopic (exact) mass is 273 g/mol. The lowest BCUT2D eigenvalue weighted by molar-refractivity contribution is -0.120. The number of H-pyrrole nitrogens is 1. The van der Waals surface area contributed by atoms with E-state index in [1.54, 1.807) is 0 Å². The zero-order valence-corrected chi connectivity index (χ0v) is 10.8. The Morgan fingerprint density at radius 1 is 1.35 bits per heavy atom. The number of hydrogen-bond donors (Lipinski definition) is 3. The Morgan fingerprint density at radius 2 is 2.20 bits per heavy atom. The number of amides is 1. The second-order valence-corrected chi connectivity index (χ2v) is 4.48. The standard InChI is InChI=1S/C13H15N5O2/c19-13(11-7-20-6-5-14-11)17-10-3-1-9(2-4-10)12-15-8-16-18-12/h1-4,8,11,14H,5-7H2,(H,17,19)(H,15,16,18). The zero-order valence-electron chi connectivity index (χ0n) is 10.8. The van der Waals surface area contributed by atoms with E-state index < -0.39 is 0 Å². The van der Waals surface area contributed by atoms with Crippen molar-refractivity contribution in [1.29, 1.82) is 0 Å². The Hall–Kier alpha value is -2.25. The average Bonchev–Trinajstić information content (AvgIpc) is 3.03. The van der Waals surface area contributed by atoms with E-state index in [1.807, 2.05) is 24.3 Å². The van der Waals surface area contributed by atoms with Crippen LogP contribution in [0, 0.1) is 0 Å². The number of benzene rings is 1. The molecule has 1 atom stereocenters. The van der Waals surface area contributed by atoms with E-state index >= 15 is 0 Å². The fraction of sp³-hybridized carbons (Fsp3) is 0.308. The first-order valence-electron chi connectivity index (χ1n) is 6.41. The topological polar surface area (TPSA) is 91.9 Å². The first-order chi connectivity index (χ1) is 9.83. The second kappa shape index (κ2) is 5.81. The highest BCUT2D eigenvalue weighted by Gasteiger charge is 2.20. The normalized spacial score (nSPS) is 18.7. The highest BCUT2D eigenvalue weighted by atomic mass is 16.5. The Balaban J connectivity index is 1.64. The minimum Gasteiger partial charge on any atom is -0.378 e. The predicted octanol–water partition coefficient (Wildman–Crippen LogP) is 0.399. The molecule has 1 fully saturated rings. The molecule has 20 heavy (non-hydrogen) atoms. The Labute approximate surface area is 115 Å². The van der Waals surface area contributed by atoms with E-state index in [9.17, 15) is 4.79 Å². The summed E-state index contributed by atoms with van der Waals surface area (Å²) in [6.07, 6.45) is 1.46. The molecular formula is C13H15N5O2. The quantitative estimate of drug-likeness (QED) is 0.753. The van der Waals surface area contributed by atoms with Crippen LogP contribution in [0.4, 0.5) is 5.69 Å². The number of carbonyl (C=O) groups excluding carboxylic acids is 1. The largest absolute Gasteiger partial charge is 0.378 e. The van der Waals surface area contributed by atoms with Crippen LogP contribution in [0.5, 0.6) is 0 Å². The molecule has 0 saturated carbocycles. The second-order valence-electron chi connectivity index (χ2n) is 4.48. The Kier molecular flexibility index (Phi) is 3.71. The van der Waals surface area contributed by atoms with Crippen LogP contribution < -0.4 is 10.6 Å². The van der Waals surface area contributed by atoms with Crippen LogP contribution in [-0.4, -0.2) is 46.9 Å². The Morgan fingerprint density at radius 3 is 2.85 bits per heavy atom. The van der Waals surface area contributed by atoms with Gasteiger partial charge >= 0.3 is 0 Å². The molecule has 1 saturated heterocycles. The van der Waals surface area contributed by atoms with E-state index in [-0.39, 0.29) is 11.9 Å². The third-order valence-electron chi connectivity index (χ3n) is 3.08. The van der Waals surface area contributed by atoms with Crippen molar-refractivity contribution in [1.82, 2.24) is 20.5 Å². The van der Waals surface area contributed by atoms with Crippen LogP contribution in [0.1, 0.15) is 0 Å². The van der Waals surface area contributed by atoms with Crippen LogP contribution in [0.25, 0.3) is 11.4 Å². The van der Waals surface area contributed by atoms with Crippen LogP contribution in [0.3, 0.4) is 0 Å². The maximum absolute atomic E-state index is 12.0. The summed E-state index contributed by atoms with van der Waals surface area (Å²) in [5.74, 6) is 0.613. The summed E-state index contributed by atoms with van der Waals surface area (Å²) in [4.78, 5) is 16.1. The first-order valence-corrected chi connectivity index (χ1v) is 6.41.